The zero-order valence-electron chi connectivity index (χ0n) is 15.3. The van der Waals surface area contributed by atoms with Gasteiger partial charge in [0.2, 0.25) is 0 Å². The molecule has 0 aliphatic carbocycles. The summed E-state index contributed by atoms with van der Waals surface area (Å²) in [4.78, 5) is 12.0. The van der Waals surface area contributed by atoms with Gasteiger partial charge in [0.25, 0.3) is 0 Å². The number of esters is 1. The van der Waals surface area contributed by atoms with Crippen LogP contribution >= 0.6 is 7.52 Å². The van der Waals surface area contributed by atoms with Gasteiger partial charge in [0, 0.05) is 0 Å². The minimum absolute atomic E-state index is 0.0472. The summed E-state index contributed by atoms with van der Waals surface area (Å²) in [6.45, 7) is 6.86. The Balaban J connectivity index is 2.86. The Kier molecular flexibility index (Phi) is 8.90. The van der Waals surface area contributed by atoms with Gasteiger partial charge < -0.3 is 14.4 Å². The molecule has 1 rings (SSSR count). The van der Waals surface area contributed by atoms with Crippen molar-refractivity contribution in [2.24, 2.45) is 0 Å². The monoisotopic (exact) mass is 369 g/mol. The topological polar surface area (TPSA) is 84.9 Å². The van der Waals surface area contributed by atoms with Crippen LogP contribution in [0.25, 0.3) is 0 Å². The van der Waals surface area contributed by atoms with Crippen molar-refractivity contribution in [2.45, 2.75) is 46.3 Å². The van der Waals surface area contributed by atoms with Crippen LogP contribution in [0.5, 0.6) is 5.75 Å². The van der Waals surface area contributed by atoms with Crippen LogP contribution in [-0.2, 0) is 14.1 Å². The first-order chi connectivity index (χ1) is 11.8. The third-order valence-corrected chi connectivity index (χ3v) is 5.39. The first kappa shape index (κ1) is 21.4. The van der Waals surface area contributed by atoms with Crippen molar-refractivity contribution in [3.63, 3.8) is 0 Å². The van der Waals surface area contributed by atoms with Crippen LogP contribution in [0.1, 0.15) is 34.1 Å². The third kappa shape index (κ3) is 8.34. The van der Waals surface area contributed by atoms with Gasteiger partial charge in [-0.3, -0.25) is 9.36 Å². The van der Waals surface area contributed by atoms with Crippen LogP contribution in [0.4, 0.5) is 0 Å². The minimum Gasteiger partial charge on any atom is -0.462 e. The number of nitrogens with one attached hydrogen (secondary N) is 1. The predicted molar refractivity (Wildman–Crippen MR) is 98.8 cm³/mol. The molecule has 7 heteroatoms. The van der Waals surface area contributed by atoms with E-state index in [1.54, 1.807) is 58.0 Å². The van der Waals surface area contributed by atoms with Crippen molar-refractivity contribution in [3.05, 3.63) is 42.0 Å². The Hall–Kier alpha value is -1.62. The van der Waals surface area contributed by atoms with Crippen molar-refractivity contribution in [1.29, 1.82) is 0 Å². The van der Waals surface area contributed by atoms with Crippen LogP contribution < -0.4 is 9.61 Å². The van der Waals surface area contributed by atoms with Gasteiger partial charge in [-0.05, 0) is 46.2 Å². The number of ether oxygens (including phenoxy) is 1. The molecule has 0 saturated heterocycles. The Bertz CT molecular complexity index is 615. The lowest BCUT2D eigenvalue weighted by molar-refractivity contribution is -0.149. The van der Waals surface area contributed by atoms with Gasteiger partial charge in [-0.2, -0.15) is 0 Å². The normalized spacial score (nSPS) is 15.5. The average molecular weight is 369 g/mol. The van der Waals surface area contributed by atoms with Gasteiger partial charge in [-0.1, -0.05) is 29.8 Å². The highest BCUT2D eigenvalue weighted by Crippen LogP contribution is 2.44. The molecule has 25 heavy (non-hydrogen) atoms. The molecule has 0 fully saturated rings. The summed E-state index contributed by atoms with van der Waals surface area (Å²) in [5, 5.41) is 11.9. The summed E-state index contributed by atoms with van der Waals surface area (Å²) in [6.07, 6.45) is 2.20. The van der Waals surface area contributed by atoms with Crippen molar-refractivity contribution in [2.75, 3.05) is 12.8 Å². The Labute approximate surface area is 149 Å². The zero-order valence-corrected chi connectivity index (χ0v) is 16.2. The van der Waals surface area contributed by atoms with E-state index in [9.17, 15) is 9.36 Å². The lowest BCUT2D eigenvalue weighted by atomic mass is 10.3. The summed E-state index contributed by atoms with van der Waals surface area (Å²) in [6, 6.07) is 8.05. The van der Waals surface area contributed by atoms with Crippen LogP contribution in [-0.4, -0.2) is 36.0 Å². The summed E-state index contributed by atoms with van der Waals surface area (Å²) in [5.41, 5.74) is 0.790. The standard InChI is InChI=1S/C18H28NO5P/c1-14(2)23-18(21)16(4)19-25(22,12-8-9-15(3)13-20)24-17-10-6-5-7-11-17/h5-7,9-11,14,16,20H,8,12-13H2,1-4H3,(H,19,22)/b15-9+. The SMILES string of the molecule is C/C(=C\CCP(=O)(NC(C)C(=O)OC(C)C)Oc1ccccc1)CO. The van der Waals surface area contributed by atoms with E-state index in [0.717, 1.165) is 5.57 Å². The van der Waals surface area contributed by atoms with Crippen LogP contribution in [0, 0.1) is 0 Å². The maximum atomic E-state index is 13.2. The van der Waals surface area contributed by atoms with Crippen molar-refractivity contribution in [1.82, 2.24) is 5.09 Å². The largest absolute Gasteiger partial charge is 0.462 e. The summed E-state index contributed by atoms with van der Waals surface area (Å²) in [5.74, 6) is -0.0143. The van der Waals surface area contributed by atoms with Crippen molar-refractivity contribution >= 4 is 13.5 Å². The molecular formula is C18H28NO5P. The highest BCUT2D eigenvalue weighted by molar-refractivity contribution is 7.57. The molecule has 0 aromatic heterocycles. The molecule has 0 bridgehead atoms. The number of rotatable bonds is 10. The molecule has 0 aliphatic heterocycles. The quantitative estimate of drug-likeness (QED) is 0.373. The Morgan fingerprint density at radius 3 is 2.48 bits per heavy atom. The first-order valence-corrected chi connectivity index (χ1v) is 10.1. The number of allylic oxidation sites excluding steroid dienone is 1. The fraction of sp³-hybridized carbons (Fsp3) is 0.500. The van der Waals surface area contributed by atoms with Gasteiger partial charge in [0.05, 0.1) is 18.9 Å². The number of para-hydroxylation sites is 1. The zero-order chi connectivity index (χ0) is 18.9. The van der Waals surface area contributed by atoms with Gasteiger partial charge in [-0.25, -0.2) is 5.09 Å². The lowest BCUT2D eigenvalue weighted by Crippen LogP contribution is -2.36. The first-order valence-electron chi connectivity index (χ1n) is 8.34. The molecule has 0 aliphatic rings. The lowest BCUT2D eigenvalue weighted by Gasteiger charge is -2.24. The molecule has 6 nitrogen and oxygen atoms in total. The molecule has 0 spiro atoms. The second kappa shape index (κ2) is 10.4. The van der Waals surface area contributed by atoms with Gasteiger partial charge >= 0.3 is 13.5 Å². The maximum absolute atomic E-state index is 13.2. The van der Waals surface area contributed by atoms with E-state index in [4.69, 9.17) is 14.4 Å². The molecule has 1 aromatic carbocycles. The van der Waals surface area contributed by atoms with Crippen LogP contribution in [0.15, 0.2) is 42.0 Å². The average Bonchev–Trinajstić information content (AvgIpc) is 2.54. The molecule has 2 unspecified atom stereocenters. The van der Waals surface area contributed by atoms with E-state index in [-0.39, 0.29) is 18.9 Å². The Morgan fingerprint density at radius 1 is 1.28 bits per heavy atom. The van der Waals surface area contributed by atoms with Crippen molar-refractivity contribution < 1.29 is 23.7 Å². The maximum Gasteiger partial charge on any atom is 0.323 e. The summed E-state index contributed by atoms with van der Waals surface area (Å²) in [7, 11) is -3.34. The van der Waals surface area contributed by atoms with Gasteiger partial charge in [-0.15, -0.1) is 0 Å². The Morgan fingerprint density at radius 2 is 1.92 bits per heavy atom. The summed E-state index contributed by atoms with van der Waals surface area (Å²) < 4.78 is 24.1. The summed E-state index contributed by atoms with van der Waals surface area (Å²) >= 11 is 0. The molecule has 0 heterocycles. The van der Waals surface area contributed by atoms with Crippen molar-refractivity contribution in [3.8, 4) is 5.75 Å². The van der Waals surface area contributed by atoms with E-state index in [2.05, 4.69) is 5.09 Å². The number of hydrogen-bond donors (Lipinski definition) is 2. The fourth-order valence-corrected chi connectivity index (χ4v) is 3.92. The predicted octanol–water partition coefficient (Wildman–Crippen LogP) is 3.52. The molecule has 140 valence electrons. The van der Waals surface area contributed by atoms with E-state index in [0.29, 0.717) is 12.2 Å². The highest BCUT2D eigenvalue weighted by Gasteiger charge is 2.30. The molecule has 0 saturated carbocycles. The third-order valence-electron chi connectivity index (χ3n) is 3.26. The van der Waals surface area contributed by atoms with E-state index >= 15 is 0 Å². The minimum atomic E-state index is -3.34. The van der Waals surface area contributed by atoms with E-state index < -0.39 is 19.5 Å². The van der Waals surface area contributed by atoms with Crippen LogP contribution in [0.3, 0.4) is 0 Å². The number of carbonyl (C=O) groups excluding carboxylic acids is 1. The van der Waals surface area contributed by atoms with Gasteiger partial charge in [0.15, 0.2) is 0 Å². The number of carbonyl (C=O) groups is 1. The smallest absolute Gasteiger partial charge is 0.323 e. The second-order valence-corrected chi connectivity index (χ2v) is 8.37. The molecule has 1 aromatic rings. The second-order valence-electron chi connectivity index (χ2n) is 6.14. The van der Waals surface area contributed by atoms with Gasteiger partial charge in [0.1, 0.15) is 11.8 Å². The molecule has 0 amide bonds. The molecular weight excluding hydrogens is 341 g/mol. The van der Waals surface area contributed by atoms with E-state index in [1.165, 1.54) is 0 Å². The van der Waals surface area contributed by atoms with Crippen LogP contribution in [0.2, 0.25) is 0 Å². The van der Waals surface area contributed by atoms with E-state index in [1.807, 2.05) is 6.07 Å². The highest BCUT2D eigenvalue weighted by atomic mass is 31.2. The number of aliphatic hydroxyl groups is 1. The fourth-order valence-electron chi connectivity index (χ4n) is 2.02. The number of hydrogen-bond acceptors (Lipinski definition) is 5. The number of aliphatic hydroxyl groups excluding tert-OH is 1. The molecule has 2 N–H and O–H groups in total. The number of benzene rings is 1. The molecule has 2 atom stereocenters. The molecule has 0 radical (unpaired) electrons.